The number of alkyl halides is 3. The SMILES string of the molecule is Nc1nc2c(c(C#CCNC(=O)C(F)(F)F)cn2[C@@H]2O[C@H](CO)[C@@H](O)[C@H]2O)c(=O)[nH]1. The number of aliphatic hydroxyl groups is 3. The number of aliphatic hydroxyl groups excluding tert-OH is 3. The molecule has 2 aromatic rings. The normalized spacial score (nSPS) is 23.9. The zero-order valence-electron chi connectivity index (χ0n) is 15.0. The number of rotatable bonds is 3. The summed E-state index contributed by atoms with van der Waals surface area (Å²) in [6, 6.07) is 0. The molecule has 162 valence electrons. The third-order valence-electron chi connectivity index (χ3n) is 4.31. The van der Waals surface area contributed by atoms with Gasteiger partial charge < -0.3 is 35.7 Å². The molecule has 3 heterocycles. The predicted molar refractivity (Wildman–Crippen MR) is 93.7 cm³/mol. The first-order valence-electron chi connectivity index (χ1n) is 8.41. The summed E-state index contributed by atoms with van der Waals surface area (Å²) in [6.07, 6.45) is -9.11. The number of ether oxygens (including phenoxy) is 1. The molecule has 0 saturated carbocycles. The Morgan fingerprint density at radius 2 is 2.10 bits per heavy atom. The topological polar surface area (TPSA) is 176 Å². The minimum absolute atomic E-state index is 0.00209. The Labute approximate surface area is 165 Å². The predicted octanol–water partition coefficient (Wildman–Crippen LogP) is -2.05. The van der Waals surface area contributed by atoms with Crippen LogP contribution in [0.15, 0.2) is 11.0 Å². The zero-order chi connectivity index (χ0) is 22.2. The van der Waals surface area contributed by atoms with Crippen molar-refractivity contribution in [1.82, 2.24) is 19.9 Å². The lowest BCUT2D eigenvalue weighted by atomic mass is 10.1. The summed E-state index contributed by atoms with van der Waals surface area (Å²) < 4.78 is 43.2. The third kappa shape index (κ3) is 3.96. The Morgan fingerprint density at radius 3 is 2.70 bits per heavy atom. The number of carbonyl (C=O) groups excluding carboxylic acids is 1. The molecule has 1 amide bonds. The number of nitrogens with one attached hydrogen (secondary N) is 2. The number of nitrogens with two attached hydrogens (primary N) is 1. The van der Waals surface area contributed by atoms with Gasteiger partial charge in [-0.1, -0.05) is 11.8 Å². The number of aromatic nitrogens is 3. The number of aromatic amines is 1. The van der Waals surface area contributed by atoms with Gasteiger partial charge in [0.15, 0.2) is 11.9 Å². The number of carbonyl (C=O) groups is 1. The van der Waals surface area contributed by atoms with E-state index in [2.05, 4.69) is 21.8 Å². The largest absolute Gasteiger partial charge is 0.471 e. The molecule has 0 spiro atoms. The van der Waals surface area contributed by atoms with Crippen LogP contribution in [0, 0.1) is 11.8 Å². The molecule has 30 heavy (non-hydrogen) atoms. The number of halogens is 3. The first-order chi connectivity index (χ1) is 14.0. The Balaban J connectivity index is 1.99. The van der Waals surface area contributed by atoms with E-state index >= 15 is 0 Å². The van der Waals surface area contributed by atoms with Gasteiger partial charge in [0, 0.05) is 6.20 Å². The summed E-state index contributed by atoms with van der Waals surface area (Å²) in [7, 11) is 0. The number of fused-ring (bicyclic) bond motifs is 1. The molecular weight excluding hydrogens is 415 g/mol. The number of nitrogen functional groups attached to an aromatic ring is 1. The third-order valence-corrected chi connectivity index (χ3v) is 4.31. The minimum Gasteiger partial charge on any atom is -0.394 e. The number of hydrogen-bond acceptors (Lipinski definition) is 8. The number of amides is 1. The molecule has 0 aliphatic carbocycles. The molecular formula is C16H16F3N5O6. The molecule has 1 saturated heterocycles. The summed E-state index contributed by atoms with van der Waals surface area (Å²) in [6.45, 7) is -1.24. The monoisotopic (exact) mass is 431 g/mol. The van der Waals surface area contributed by atoms with Crippen LogP contribution in [-0.2, 0) is 9.53 Å². The molecule has 0 bridgehead atoms. The fourth-order valence-electron chi connectivity index (χ4n) is 2.94. The molecule has 7 N–H and O–H groups in total. The van der Waals surface area contributed by atoms with Crippen molar-refractivity contribution in [3.63, 3.8) is 0 Å². The molecule has 11 nitrogen and oxygen atoms in total. The molecule has 1 aliphatic heterocycles. The fraction of sp³-hybridized carbons (Fsp3) is 0.438. The van der Waals surface area contributed by atoms with Gasteiger partial charge in [-0.25, -0.2) is 0 Å². The Bertz CT molecular complexity index is 1090. The van der Waals surface area contributed by atoms with Gasteiger partial charge in [0.2, 0.25) is 5.95 Å². The second-order valence-corrected chi connectivity index (χ2v) is 6.31. The van der Waals surface area contributed by atoms with E-state index in [1.165, 1.54) is 10.8 Å². The van der Waals surface area contributed by atoms with E-state index in [-0.39, 0.29) is 22.5 Å². The first kappa shape index (κ1) is 21.6. The quantitative estimate of drug-likeness (QED) is 0.301. The van der Waals surface area contributed by atoms with Crippen molar-refractivity contribution in [2.75, 3.05) is 18.9 Å². The average molecular weight is 431 g/mol. The van der Waals surface area contributed by atoms with Crippen molar-refractivity contribution in [2.45, 2.75) is 30.7 Å². The molecule has 0 unspecified atom stereocenters. The number of H-pyrrole nitrogens is 1. The standard InChI is InChI=1S/C16H16F3N5O6/c17-16(18,19)14(29)21-3-1-2-6-4-24(11-8(6)12(28)23-15(20)22-11)13-10(27)9(26)7(5-25)30-13/h4,7,9-10,13,25-27H,3,5H2,(H,21,29)(H3,20,22,23,28)/t7-,9-,10-,13-/m1/s1. The lowest BCUT2D eigenvalue weighted by molar-refractivity contribution is -0.173. The van der Waals surface area contributed by atoms with Crippen molar-refractivity contribution in [3.05, 3.63) is 22.1 Å². The van der Waals surface area contributed by atoms with E-state index in [4.69, 9.17) is 10.5 Å². The van der Waals surface area contributed by atoms with Crippen LogP contribution >= 0.6 is 0 Å². The van der Waals surface area contributed by atoms with Gasteiger partial charge in [0.1, 0.15) is 18.3 Å². The summed E-state index contributed by atoms with van der Waals surface area (Å²) in [4.78, 5) is 29.3. The van der Waals surface area contributed by atoms with Gasteiger partial charge in [-0.2, -0.15) is 18.2 Å². The Hall–Kier alpha value is -3.12. The molecule has 0 aromatic carbocycles. The van der Waals surface area contributed by atoms with E-state index in [1.807, 2.05) is 0 Å². The van der Waals surface area contributed by atoms with Gasteiger partial charge in [0.25, 0.3) is 5.56 Å². The molecule has 2 aromatic heterocycles. The number of nitrogens with zero attached hydrogens (tertiary/aromatic N) is 2. The van der Waals surface area contributed by atoms with Crippen molar-refractivity contribution in [3.8, 4) is 11.8 Å². The molecule has 1 aliphatic rings. The van der Waals surface area contributed by atoms with Gasteiger partial charge >= 0.3 is 12.1 Å². The van der Waals surface area contributed by atoms with Crippen molar-refractivity contribution in [1.29, 1.82) is 0 Å². The highest BCUT2D eigenvalue weighted by atomic mass is 19.4. The zero-order valence-corrected chi connectivity index (χ0v) is 15.0. The minimum atomic E-state index is -5.06. The van der Waals surface area contributed by atoms with Crippen LogP contribution in [0.4, 0.5) is 19.1 Å². The Morgan fingerprint density at radius 1 is 1.40 bits per heavy atom. The smallest absolute Gasteiger partial charge is 0.394 e. The van der Waals surface area contributed by atoms with Crippen LogP contribution in [0.1, 0.15) is 11.8 Å². The molecule has 0 radical (unpaired) electrons. The highest BCUT2D eigenvalue weighted by Gasteiger charge is 2.44. The van der Waals surface area contributed by atoms with Crippen LogP contribution in [-0.4, -0.2) is 73.4 Å². The molecule has 4 atom stereocenters. The van der Waals surface area contributed by atoms with Gasteiger partial charge in [-0.3, -0.25) is 14.6 Å². The maximum Gasteiger partial charge on any atom is 0.471 e. The van der Waals surface area contributed by atoms with E-state index < -0.39 is 55.3 Å². The second kappa shape index (κ2) is 7.95. The molecule has 14 heteroatoms. The number of anilines is 1. The second-order valence-electron chi connectivity index (χ2n) is 6.31. The summed E-state index contributed by atoms with van der Waals surface area (Å²) >= 11 is 0. The Kier molecular flexibility index (Phi) is 5.72. The van der Waals surface area contributed by atoms with Gasteiger partial charge in [-0.05, 0) is 0 Å². The average Bonchev–Trinajstić information content (AvgIpc) is 3.15. The summed E-state index contributed by atoms with van der Waals surface area (Å²) in [5.41, 5.74) is 4.76. The maximum atomic E-state index is 12.3. The highest BCUT2D eigenvalue weighted by molar-refractivity contribution is 5.84. The van der Waals surface area contributed by atoms with Crippen LogP contribution in [0.3, 0.4) is 0 Å². The van der Waals surface area contributed by atoms with E-state index in [9.17, 15) is 38.1 Å². The first-order valence-corrected chi connectivity index (χ1v) is 8.41. The number of hydrogen-bond donors (Lipinski definition) is 6. The summed E-state index contributed by atoms with van der Waals surface area (Å²) in [5.74, 6) is 2.29. The van der Waals surface area contributed by atoms with E-state index in [0.29, 0.717) is 0 Å². The van der Waals surface area contributed by atoms with E-state index in [0.717, 1.165) is 0 Å². The van der Waals surface area contributed by atoms with Crippen LogP contribution in [0.5, 0.6) is 0 Å². The van der Waals surface area contributed by atoms with Crippen molar-refractivity contribution in [2.24, 2.45) is 0 Å². The fourth-order valence-corrected chi connectivity index (χ4v) is 2.94. The van der Waals surface area contributed by atoms with E-state index in [1.54, 1.807) is 5.32 Å². The molecule has 1 fully saturated rings. The maximum absolute atomic E-state index is 12.3. The van der Waals surface area contributed by atoms with Gasteiger partial charge in [-0.15, -0.1) is 0 Å². The lowest BCUT2D eigenvalue weighted by Gasteiger charge is -2.17. The van der Waals surface area contributed by atoms with Crippen LogP contribution in [0.2, 0.25) is 0 Å². The van der Waals surface area contributed by atoms with Crippen LogP contribution < -0.4 is 16.6 Å². The van der Waals surface area contributed by atoms with Crippen molar-refractivity contribution < 1.29 is 38.0 Å². The van der Waals surface area contributed by atoms with Gasteiger partial charge in [0.05, 0.1) is 24.1 Å². The van der Waals surface area contributed by atoms with Crippen molar-refractivity contribution >= 4 is 22.9 Å². The van der Waals surface area contributed by atoms with Crippen LogP contribution in [0.25, 0.3) is 11.0 Å². The summed E-state index contributed by atoms with van der Waals surface area (Å²) in [5, 5.41) is 30.9. The highest BCUT2D eigenvalue weighted by Crippen LogP contribution is 2.32. The lowest BCUT2D eigenvalue weighted by Crippen LogP contribution is -2.36. The molecule has 3 rings (SSSR count).